The van der Waals surface area contributed by atoms with Crippen LogP contribution in [0.25, 0.3) is 0 Å². The molecule has 0 saturated heterocycles. The number of carbonyl (C=O) groups excluding carboxylic acids is 3. The lowest BCUT2D eigenvalue weighted by Gasteiger charge is -2.18. The van der Waals surface area contributed by atoms with Crippen LogP contribution in [0.1, 0.15) is 387 Å². The maximum Gasteiger partial charge on any atom is 0.306 e. The van der Waals surface area contributed by atoms with E-state index in [0.29, 0.717) is 19.3 Å². The first-order valence-corrected chi connectivity index (χ1v) is 36.3. The Hall–Kier alpha value is -2.89. The average molecular weight is 1150 g/mol. The van der Waals surface area contributed by atoms with Gasteiger partial charge in [-0.15, -0.1) is 0 Å². The maximum atomic E-state index is 12.9. The van der Waals surface area contributed by atoms with Gasteiger partial charge in [-0.3, -0.25) is 14.4 Å². The fourth-order valence-corrected chi connectivity index (χ4v) is 10.9. The second-order valence-electron chi connectivity index (χ2n) is 24.5. The Morgan fingerprint density at radius 3 is 0.744 bits per heavy atom. The molecule has 0 heterocycles. The van der Waals surface area contributed by atoms with E-state index in [1.54, 1.807) is 0 Å². The SMILES string of the molecule is CC/C=C\C/C=C\C/C=C\C/C=C\C/C=C\CCCCCCCCCC(=O)OC(COC(=O)CCCCCCCCC)COC(=O)CCCCCCCCCCCCCCCCCCCCCCCCCCCCCCCCCCCC. The quantitative estimate of drug-likeness (QED) is 0.0261. The highest BCUT2D eigenvalue weighted by Crippen LogP contribution is 2.19. The van der Waals surface area contributed by atoms with E-state index in [2.05, 4.69) is 81.5 Å². The Bertz CT molecular complexity index is 1460. The molecule has 0 aliphatic carbocycles. The minimum atomic E-state index is -0.777. The van der Waals surface area contributed by atoms with Crippen molar-refractivity contribution in [1.82, 2.24) is 0 Å². The molecule has 0 aliphatic rings. The van der Waals surface area contributed by atoms with Crippen molar-refractivity contribution in [2.24, 2.45) is 0 Å². The highest BCUT2D eigenvalue weighted by atomic mass is 16.6. The van der Waals surface area contributed by atoms with Crippen LogP contribution in [0.4, 0.5) is 0 Å². The summed E-state index contributed by atoms with van der Waals surface area (Å²) in [4.78, 5) is 38.2. The van der Waals surface area contributed by atoms with Crippen LogP contribution in [0, 0.1) is 0 Å². The minimum absolute atomic E-state index is 0.0748. The third-order valence-corrected chi connectivity index (χ3v) is 16.3. The molecule has 6 nitrogen and oxygen atoms in total. The van der Waals surface area contributed by atoms with Crippen molar-refractivity contribution in [2.75, 3.05) is 13.2 Å². The van der Waals surface area contributed by atoms with Crippen LogP contribution in [-0.2, 0) is 28.6 Å². The molecule has 0 fully saturated rings. The van der Waals surface area contributed by atoms with Crippen molar-refractivity contribution in [2.45, 2.75) is 393 Å². The summed E-state index contributed by atoms with van der Waals surface area (Å²) in [5.41, 5.74) is 0. The van der Waals surface area contributed by atoms with Crippen molar-refractivity contribution < 1.29 is 28.6 Å². The van der Waals surface area contributed by atoms with Gasteiger partial charge in [-0.2, -0.15) is 0 Å². The van der Waals surface area contributed by atoms with Gasteiger partial charge in [0.15, 0.2) is 6.10 Å². The van der Waals surface area contributed by atoms with Crippen LogP contribution >= 0.6 is 0 Å². The Morgan fingerprint density at radius 1 is 0.256 bits per heavy atom. The molecule has 6 heteroatoms. The van der Waals surface area contributed by atoms with Crippen LogP contribution in [0.2, 0.25) is 0 Å². The summed E-state index contributed by atoms with van der Waals surface area (Å²) >= 11 is 0. The first kappa shape index (κ1) is 79.1. The van der Waals surface area contributed by atoms with Gasteiger partial charge in [0, 0.05) is 19.3 Å². The summed E-state index contributed by atoms with van der Waals surface area (Å²) in [5.74, 6) is -0.873. The third kappa shape index (κ3) is 67.9. The molecule has 0 aromatic heterocycles. The summed E-state index contributed by atoms with van der Waals surface area (Å²) < 4.78 is 16.9. The molecule has 0 aromatic carbocycles. The Labute approximate surface area is 510 Å². The summed E-state index contributed by atoms with van der Waals surface area (Å²) in [6.07, 6.45) is 91.6. The molecule has 0 bridgehead atoms. The van der Waals surface area contributed by atoms with Gasteiger partial charge in [-0.05, 0) is 64.2 Å². The number of rotatable bonds is 67. The largest absolute Gasteiger partial charge is 0.462 e. The molecule has 0 aliphatic heterocycles. The number of allylic oxidation sites excluding steroid dienone is 10. The Kier molecular flexibility index (Phi) is 68.1. The highest BCUT2D eigenvalue weighted by molar-refractivity contribution is 5.71. The first-order chi connectivity index (χ1) is 40.5. The number of esters is 3. The van der Waals surface area contributed by atoms with E-state index >= 15 is 0 Å². The topological polar surface area (TPSA) is 78.9 Å². The lowest BCUT2D eigenvalue weighted by atomic mass is 10.0. The molecule has 1 unspecified atom stereocenters. The molecule has 0 spiro atoms. The zero-order valence-electron chi connectivity index (χ0n) is 55.0. The fraction of sp³-hybridized carbons (Fsp3) is 0.829. The van der Waals surface area contributed by atoms with Gasteiger partial charge in [0.1, 0.15) is 13.2 Å². The normalized spacial score (nSPS) is 12.4. The molecule has 0 N–H and O–H groups in total. The number of unbranched alkanes of at least 4 members (excludes halogenated alkanes) is 46. The van der Waals surface area contributed by atoms with Crippen LogP contribution in [-0.4, -0.2) is 37.2 Å². The summed E-state index contributed by atoms with van der Waals surface area (Å²) in [5, 5.41) is 0. The molecule has 0 radical (unpaired) electrons. The van der Waals surface area contributed by atoms with E-state index in [1.807, 2.05) is 0 Å². The van der Waals surface area contributed by atoms with Crippen LogP contribution < -0.4 is 0 Å². The molecule has 1 atom stereocenters. The van der Waals surface area contributed by atoms with Gasteiger partial charge in [0.25, 0.3) is 0 Å². The van der Waals surface area contributed by atoms with Crippen molar-refractivity contribution >= 4 is 17.9 Å². The summed E-state index contributed by atoms with van der Waals surface area (Å²) in [6.45, 7) is 6.53. The van der Waals surface area contributed by atoms with Gasteiger partial charge in [0.05, 0.1) is 0 Å². The number of carbonyl (C=O) groups is 3. The van der Waals surface area contributed by atoms with E-state index in [1.165, 1.54) is 250 Å². The average Bonchev–Trinajstić information content (AvgIpc) is 3.48. The molecule has 0 saturated carbocycles. The maximum absolute atomic E-state index is 12.9. The van der Waals surface area contributed by atoms with Gasteiger partial charge >= 0.3 is 17.9 Å². The van der Waals surface area contributed by atoms with Crippen LogP contribution in [0.3, 0.4) is 0 Å². The van der Waals surface area contributed by atoms with Gasteiger partial charge < -0.3 is 14.2 Å². The second-order valence-corrected chi connectivity index (χ2v) is 24.5. The molecular formula is C76H138O6. The monoisotopic (exact) mass is 1150 g/mol. The Balaban J connectivity index is 3.98. The van der Waals surface area contributed by atoms with Crippen LogP contribution in [0.15, 0.2) is 60.8 Å². The lowest BCUT2D eigenvalue weighted by Crippen LogP contribution is -2.30. The zero-order chi connectivity index (χ0) is 59.2. The number of hydrogen-bond donors (Lipinski definition) is 0. The first-order valence-electron chi connectivity index (χ1n) is 36.3. The summed E-state index contributed by atoms with van der Waals surface area (Å²) in [7, 11) is 0. The van der Waals surface area contributed by atoms with E-state index in [4.69, 9.17) is 14.2 Å². The van der Waals surface area contributed by atoms with E-state index in [-0.39, 0.29) is 31.1 Å². The van der Waals surface area contributed by atoms with Gasteiger partial charge in [-0.1, -0.05) is 364 Å². The van der Waals surface area contributed by atoms with E-state index in [9.17, 15) is 14.4 Å². The molecule has 478 valence electrons. The summed E-state index contributed by atoms with van der Waals surface area (Å²) in [6, 6.07) is 0. The van der Waals surface area contributed by atoms with Gasteiger partial charge in [-0.25, -0.2) is 0 Å². The van der Waals surface area contributed by atoms with Crippen molar-refractivity contribution in [3.8, 4) is 0 Å². The molecule has 0 aromatic rings. The standard InChI is InChI=1S/C76H138O6/c1-4-7-10-13-16-18-20-22-24-26-28-30-32-33-34-35-36-37-38-39-40-41-42-44-45-47-49-51-53-55-57-60-63-66-69-75(78)81-72-73(71-80-74(77)68-65-62-59-15-12-9-6-3)82-76(79)70-67-64-61-58-56-54-52-50-48-46-43-31-29-27-25-23-21-19-17-14-11-8-5-2/h8,11,17,19,23,25,29,31,46,48,73H,4-7,9-10,12-16,18,20-22,24,26-28,30,32-45,47,49-72H2,1-3H3/b11-8-,19-17-,25-23-,31-29-,48-46-. The van der Waals surface area contributed by atoms with E-state index in [0.717, 1.165) is 96.3 Å². The zero-order valence-corrected chi connectivity index (χ0v) is 55.0. The molecule has 82 heavy (non-hydrogen) atoms. The second kappa shape index (κ2) is 70.6. The highest BCUT2D eigenvalue weighted by Gasteiger charge is 2.19. The lowest BCUT2D eigenvalue weighted by molar-refractivity contribution is -0.167. The number of ether oxygens (including phenoxy) is 3. The molecule has 0 amide bonds. The third-order valence-electron chi connectivity index (χ3n) is 16.3. The predicted octanol–water partition coefficient (Wildman–Crippen LogP) is 25.1. The smallest absolute Gasteiger partial charge is 0.306 e. The fourth-order valence-electron chi connectivity index (χ4n) is 10.9. The minimum Gasteiger partial charge on any atom is -0.462 e. The van der Waals surface area contributed by atoms with Gasteiger partial charge in [0.2, 0.25) is 0 Å². The molecule has 0 rings (SSSR count). The van der Waals surface area contributed by atoms with Crippen molar-refractivity contribution in [1.29, 1.82) is 0 Å². The van der Waals surface area contributed by atoms with Crippen LogP contribution in [0.5, 0.6) is 0 Å². The number of hydrogen-bond acceptors (Lipinski definition) is 6. The van der Waals surface area contributed by atoms with Crippen molar-refractivity contribution in [3.05, 3.63) is 60.8 Å². The van der Waals surface area contributed by atoms with Crippen molar-refractivity contribution in [3.63, 3.8) is 0 Å². The Morgan fingerprint density at radius 2 is 0.476 bits per heavy atom. The predicted molar refractivity (Wildman–Crippen MR) is 358 cm³/mol. The van der Waals surface area contributed by atoms with E-state index < -0.39 is 6.10 Å². The molecular weight excluding hydrogens is 1010 g/mol.